The zero-order chi connectivity index (χ0) is 17.1. The van der Waals surface area contributed by atoms with Crippen molar-refractivity contribution in [2.45, 2.75) is 45.6 Å². The van der Waals surface area contributed by atoms with Crippen LogP contribution in [0, 0.1) is 19.8 Å². The van der Waals surface area contributed by atoms with Crippen LogP contribution in [0.25, 0.3) is 0 Å². The average Bonchev–Trinajstić information content (AvgIpc) is 2.58. The van der Waals surface area contributed by atoms with E-state index in [0.717, 1.165) is 41.1 Å². The molecule has 0 spiro atoms. The van der Waals surface area contributed by atoms with Crippen molar-refractivity contribution in [1.82, 2.24) is 0 Å². The number of carbonyl (C=O) groups is 1. The maximum atomic E-state index is 12.5. The standard InChI is InChI=1S/C21H24ClNO/c1-14-7-10-16(11-8-14)21(18-5-3-4-6-20(18)24)23-17-12-9-15(2)19(22)13-17/h7-13,18,21,23H,3-6H2,1-2H3/t18-,21-/m0/s1. The van der Waals surface area contributed by atoms with Crippen molar-refractivity contribution < 1.29 is 4.79 Å². The monoisotopic (exact) mass is 341 g/mol. The summed E-state index contributed by atoms with van der Waals surface area (Å²) in [6, 6.07) is 14.5. The number of carbonyl (C=O) groups excluding carboxylic acids is 1. The summed E-state index contributed by atoms with van der Waals surface area (Å²) in [5.74, 6) is 0.402. The first kappa shape index (κ1) is 17.0. The molecule has 0 heterocycles. The number of halogens is 1. The molecule has 3 heteroatoms. The molecule has 1 N–H and O–H groups in total. The molecule has 3 rings (SSSR count). The van der Waals surface area contributed by atoms with E-state index in [4.69, 9.17) is 11.6 Å². The maximum Gasteiger partial charge on any atom is 0.138 e. The highest BCUT2D eigenvalue weighted by Gasteiger charge is 2.31. The Hall–Kier alpha value is -1.80. The van der Waals surface area contributed by atoms with Crippen molar-refractivity contribution in [1.29, 1.82) is 0 Å². The molecule has 24 heavy (non-hydrogen) atoms. The lowest BCUT2D eigenvalue weighted by Gasteiger charge is -2.31. The first-order valence-electron chi connectivity index (χ1n) is 8.66. The SMILES string of the molecule is Cc1ccc([C@H](Nc2ccc(C)c(Cl)c2)[C@H]2CCCCC2=O)cc1. The van der Waals surface area contributed by atoms with Gasteiger partial charge in [0.1, 0.15) is 5.78 Å². The number of aryl methyl sites for hydroxylation is 2. The Balaban J connectivity index is 1.92. The molecule has 2 aromatic carbocycles. The average molecular weight is 342 g/mol. The van der Waals surface area contributed by atoms with E-state index in [1.165, 1.54) is 5.56 Å². The van der Waals surface area contributed by atoms with Crippen molar-refractivity contribution in [2.75, 3.05) is 5.32 Å². The maximum absolute atomic E-state index is 12.5. The van der Waals surface area contributed by atoms with E-state index in [1.54, 1.807) is 0 Å². The van der Waals surface area contributed by atoms with Crippen molar-refractivity contribution in [3.8, 4) is 0 Å². The first-order chi connectivity index (χ1) is 11.5. The fourth-order valence-electron chi connectivity index (χ4n) is 3.41. The van der Waals surface area contributed by atoms with E-state index in [2.05, 4.69) is 36.5 Å². The fourth-order valence-corrected chi connectivity index (χ4v) is 3.60. The van der Waals surface area contributed by atoms with Crippen molar-refractivity contribution in [2.24, 2.45) is 5.92 Å². The van der Waals surface area contributed by atoms with Gasteiger partial charge in [0, 0.05) is 23.0 Å². The summed E-state index contributed by atoms with van der Waals surface area (Å²) in [6.45, 7) is 4.08. The van der Waals surface area contributed by atoms with Gasteiger partial charge >= 0.3 is 0 Å². The summed E-state index contributed by atoms with van der Waals surface area (Å²) >= 11 is 6.27. The molecule has 2 atom stereocenters. The predicted molar refractivity (Wildman–Crippen MR) is 101 cm³/mol. The van der Waals surface area contributed by atoms with Crippen molar-refractivity contribution in [3.63, 3.8) is 0 Å². The van der Waals surface area contributed by atoms with Crippen LogP contribution in [0.5, 0.6) is 0 Å². The molecule has 0 amide bonds. The van der Waals surface area contributed by atoms with Gasteiger partial charge in [-0.2, -0.15) is 0 Å². The largest absolute Gasteiger partial charge is 0.377 e. The second-order valence-electron chi connectivity index (χ2n) is 6.82. The third kappa shape index (κ3) is 3.81. The lowest BCUT2D eigenvalue weighted by atomic mass is 9.80. The second kappa shape index (κ2) is 7.40. The molecule has 0 radical (unpaired) electrons. The van der Waals surface area contributed by atoms with Gasteiger partial charge in [0.25, 0.3) is 0 Å². The Bertz CT molecular complexity index is 723. The second-order valence-corrected chi connectivity index (χ2v) is 7.22. The molecular formula is C21H24ClNO. The van der Waals surface area contributed by atoms with Gasteiger partial charge in [0.15, 0.2) is 0 Å². The van der Waals surface area contributed by atoms with E-state index in [0.29, 0.717) is 12.2 Å². The predicted octanol–water partition coefficient (Wildman–Crippen LogP) is 5.87. The number of Topliss-reactive ketones (excluding diaryl/α,β-unsaturated/α-hetero) is 1. The highest BCUT2D eigenvalue weighted by Crippen LogP contribution is 2.35. The van der Waals surface area contributed by atoms with Crippen LogP contribution in [-0.4, -0.2) is 5.78 Å². The van der Waals surface area contributed by atoms with Gasteiger partial charge in [0.2, 0.25) is 0 Å². The van der Waals surface area contributed by atoms with Gasteiger partial charge < -0.3 is 5.32 Å². The third-order valence-electron chi connectivity index (χ3n) is 4.93. The minimum atomic E-state index is -0.00262. The van der Waals surface area contributed by atoms with Crippen LogP contribution in [0.2, 0.25) is 5.02 Å². The van der Waals surface area contributed by atoms with E-state index >= 15 is 0 Å². The Labute approximate surface area is 149 Å². The number of hydrogen-bond donors (Lipinski definition) is 1. The smallest absolute Gasteiger partial charge is 0.138 e. The number of rotatable bonds is 4. The van der Waals surface area contributed by atoms with Crippen LogP contribution in [0.15, 0.2) is 42.5 Å². The lowest BCUT2D eigenvalue weighted by Crippen LogP contribution is -2.30. The third-order valence-corrected chi connectivity index (χ3v) is 5.34. The minimum Gasteiger partial charge on any atom is -0.377 e. The molecule has 2 nitrogen and oxygen atoms in total. The minimum absolute atomic E-state index is 0.00262. The van der Waals surface area contributed by atoms with Crippen LogP contribution in [0.1, 0.15) is 48.4 Å². The number of hydrogen-bond acceptors (Lipinski definition) is 2. The zero-order valence-electron chi connectivity index (χ0n) is 14.3. The van der Waals surface area contributed by atoms with E-state index in [9.17, 15) is 4.79 Å². The fraction of sp³-hybridized carbons (Fsp3) is 0.381. The molecule has 0 bridgehead atoms. The molecule has 1 saturated carbocycles. The Kier molecular flexibility index (Phi) is 5.25. The number of ketones is 1. The highest BCUT2D eigenvalue weighted by molar-refractivity contribution is 6.31. The topological polar surface area (TPSA) is 29.1 Å². The van der Waals surface area contributed by atoms with Gasteiger partial charge in [-0.25, -0.2) is 0 Å². The van der Waals surface area contributed by atoms with Crippen LogP contribution in [-0.2, 0) is 4.79 Å². The molecule has 0 saturated heterocycles. The molecule has 0 aliphatic heterocycles. The normalized spacial score (nSPS) is 19.1. The van der Waals surface area contributed by atoms with Crippen LogP contribution < -0.4 is 5.32 Å². The molecule has 126 valence electrons. The highest BCUT2D eigenvalue weighted by atomic mass is 35.5. The Morgan fingerprint density at radius 3 is 2.50 bits per heavy atom. The number of benzene rings is 2. The molecule has 0 unspecified atom stereocenters. The molecule has 1 aliphatic rings. The van der Waals surface area contributed by atoms with Crippen LogP contribution in [0.4, 0.5) is 5.69 Å². The molecular weight excluding hydrogens is 318 g/mol. The molecule has 1 aliphatic carbocycles. The Morgan fingerprint density at radius 2 is 1.83 bits per heavy atom. The van der Waals surface area contributed by atoms with Crippen LogP contribution >= 0.6 is 11.6 Å². The van der Waals surface area contributed by atoms with Gasteiger partial charge in [0.05, 0.1) is 6.04 Å². The van der Waals surface area contributed by atoms with E-state index < -0.39 is 0 Å². The number of anilines is 1. The van der Waals surface area contributed by atoms with Crippen molar-refractivity contribution >= 4 is 23.1 Å². The van der Waals surface area contributed by atoms with Gasteiger partial charge in [-0.15, -0.1) is 0 Å². The number of nitrogens with one attached hydrogen (secondary N) is 1. The molecule has 0 aromatic heterocycles. The lowest BCUT2D eigenvalue weighted by molar-refractivity contribution is -0.125. The quantitative estimate of drug-likeness (QED) is 0.753. The summed E-state index contributed by atoms with van der Waals surface area (Å²) in [5.41, 5.74) is 4.42. The summed E-state index contributed by atoms with van der Waals surface area (Å²) in [5, 5.41) is 4.33. The first-order valence-corrected chi connectivity index (χ1v) is 9.04. The van der Waals surface area contributed by atoms with Crippen molar-refractivity contribution in [3.05, 3.63) is 64.2 Å². The van der Waals surface area contributed by atoms with Gasteiger partial charge in [-0.1, -0.05) is 53.9 Å². The summed E-state index contributed by atoms with van der Waals surface area (Å²) < 4.78 is 0. The van der Waals surface area contributed by atoms with Gasteiger partial charge in [-0.3, -0.25) is 4.79 Å². The zero-order valence-corrected chi connectivity index (χ0v) is 15.1. The molecule has 1 fully saturated rings. The van der Waals surface area contributed by atoms with E-state index in [1.807, 2.05) is 25.1 Å². The van der Waals surface area contributed by atoms with Crippen LogP contribution in [0.3, 0.4) is 0 Å². The molecule has 2 aromatic rings. The summed E-state index contributed by atoms with van der Waals surface area (Å²) in [6.07, 6.45) is 3.79. The summed E-state index contributed by atoms with van der Waals surface area (Å²) in [7, 11) is 0. The summed E-state index contributed by atoms with van der Waals surface area (Å²) in [4.78, 5) is 12.5. The van der Waals surface area contributed by atoms with Gasteiger partial charge in [-0.05, 0) is 49.9 Å². The Morgan fingerprint density at radius 1 is 1.08 bits per heavy atom. The van der Waals surface area contributed by atoms with E-state index in [-0.39, 0.29) is 12.0 Å².